The number of benzene rings is 1. The van der Waals surface area contributed by atoms with Gasteiger partial charge in [-0.05, 0) is 140 Å². The maximum absolute atomic E-state index is 13.7. The van der Waals surface area contributed by atoms with E-state index in [0.717, 1.165) is 17.8 Å². The first-order valence-corrected chi connectivity index (χ1v) is 24.2. The van der Waals surface area contributed by atoms with Crippen molar-refractivity contribution in [2.75, 3.05) is 60.0 Å². The van der Waals surface area contributed by atoms with Crippen LogP contribution in [0.3, 0.4) is 0 Å². The van der Waals surface area contributed by atoms with Gasteiger partial charge in [-0.1, -0.05) is 0 Å². The van der Waals surface area contributed by atoms with E-state index in [1.807, 2.05) is 46.6 Å². The van der Waals surface area contributed by atoms with E-state index < -0.39 is 34.9 Å². The first-order chi connectivity index (χ1) is 33.1. The second-order valence-electron chi connectivity index (χ2n) is 19.8. The third-order valence-corrected chi connectivity index (χ3v) is 14.6. The highest BCUT2D eigenvalue weighted by atomic mass is 19.4. The number of carbonyl (C=O) groups excluding carboxylic acids is 3. The summed E-state index contributed by atoms with van der Waals surface area (Å²) >= 11 is 0. The van der Waals surface area contributed by atoms with Crippen molar-refractivity contribution in [3.8, 4) is 17.2 Å². The van der Waals surface area contributed by atoms with Crippen molar-refractivity contribution in [2.45, 2.75) is 122 Å². The van der Waals surface area contributed by atoms with Crippen molar-refractivity contribution < 1.29 is 54.9 Å². The summed E-state index contributed by atoms with van der Waals surface area (Å²) < 4.78 is 100. The number of ketones is 1. The number of hydrogen-bond donors (Lipinski definition) is 0. The number of carbonyl (C=O) groups is 3. The summed E-state index contributed by atoms with van der Waals surface area (Å²) in [5.74, 6) is 0.245. The van der Waals surface area contributed by atoms with Crippen LogP contribution in [0.4, 0.5) is 26.3 Å². The highest BCUT2D eigenvalue weighted by molar-refractivity contribution is 5.99. The second-order valence-corrected chi connectivity index (χ2v) is 19.8. The number of Topliss-reactive ketones (excluding diaryl/α,β-unsaturated/α-hetero) is 1. The minimum Gasteiger partial charge on any atom is -0.493 e. The number of fused-ring (bicyclic) bond motifs is 4. The molecule has 3 aromatic heterocycles. The predicted octanol–water partition coefficient (Wildman–Crippen LogP) is 8.96. The molecular weight excluding hydrogens is 921 g/mol. The van der Waals surface area contributed by atoms with Crippen LogP contribution < -0.4 is 14.2 Å². The third kappa shape index (κ3) is 10.0. The average molecular weight is 984 g/mol. The number of hydrogen-bond acceptors (Lipinski definition) is 9. The number of aromatic nitrogens is 3. The summed E-state index contributed by atoms with van der Waals surface area (Å²) in [5.41, 5.74) is 1.21. The number of amides is 2. The van der Waals surface area contributed by atoms with Gasteiger partial charge >= 0.3 is 12.4 Å². The van der Waals surface area contributed by atoms with Gasteiger partial charge in [-0.25, -0.2) is 4.98 Å². The minimum absolute atomic E-state index is 0.00120. The maximum atomic E-state index is 13.7. The smallest absolute Gasteiger partial charge is 0.456 e. The van der Waals surface area contributed by atoms with Crippen molar-refractivity contribution >= 4 is 17.6 Å². The van der Waals surface area contributed by atoms with Gasteiger partial charge in [-0.3, -0.25) is 24.2 Å². The second kappa shape index (κ2) is 19.6. The topological polar surface area (TPSA) is 115 Å². The molecule has 4 aliphatic heterocycles. The summed E-state index contributed by atoms with van der Waals surface area (Å²) in [5, 5.41) is 0. The zero-order chi connectivity index (χ0) is 50.5. The van der Waals surface area contributed by atoms with E-state index in [0.29, 0.717) is 118 Å². The van der Waals surface area contributed by atoms with Crippen molar-refractivity contribution in [1.29, 1.82) is 0 Å². The van der Waals surface area contributed by atoms with E-state index in [-0.39, 0.29) is 29.7 Å². The third-order valence-electron chi connectivity index (χ3n) is 14.6. The van der Waals surface area contributed by atoms with Gasteiger partial charge in [-0.2, -0.15) is 26.3 Å². The van der Waals surface area contributed by atoms with E-state index in [2.05, 4.69) is 14.8 Å². The van der Waals surface area contributed by atoms with Gasteiger partial charge in [-0.15, -0.1) is 0 Å². The summed E-state index contributed by atoms with van der Waals surface area (Å²) in [4.78, 5) is 50.8. The number of pyridine rings is 1. The highest BCUT2D eigenvalue weighted by Gasteiger charge is 2.51. The molecule has 380 valence electrons. The van der Waals surface area contributed by atoms with Gasteiger partial charge in [0.25, 0.3) is 17.6 Å². The maximum Gasteiger partial charge on any atom is 0.456 e. The molecule has 0 N–H and O–H groups in total. The lowest BCUT2D eigenvalue weighted by Crippen LogP contribution is -2.58. The Hall–Kier alpha value is -5.56. The lowest BCUT2D eigenvalue weighted by atomic mass is 9.80. The van der Waals surface area contributed by atoms with E-state index in [4.69, 9.17) is 14.2 Å². The molecule has 2 spiro atoms. The number of alkyl halides is 6. The molecule has 2 saturated heterocycles. The van der Waals surface area contributed by atoms with E-state index >= 15 is 0 Å². The molecule has 1 aromatic carbocycles. The Balaban J connectivity index is 0.000000189. The van der Waals surface area contributed by atoms with E-state index in [1.165, 1.54) is 34.1 Å². The molecule has 9 rings (SSSR count). The zero-order valence-corrected chi connectivity index (χ0v) is 40.9. The summed E-state index contributed by atoms with van der Waals surface area (Å²) in [6.07, 6.45) is -3.07. The summed E-state index contributed by atoms with van der Waals surface area (Å²) in [7, 11) is 3.49. The fraction of sp³-hybridized carbons (Fsp3) is 0.569. The molecule has 3 fully saturated rings. The van der Waals surface area contributed by atoms with Crippen molar-refractivity contribution in [1.82, 2.24) is 33.7 Å². The fourth-order valence-corrected chi connectivity index (χ4v) is 10.9. The van der Waals surface area contributed by atoms with Crippen LogP contribution in [0.2, 0.25) is 0 Å². The van der Waals surface area contributed by atoms with Crippen LogP contribution in [-0.2, 0) is 30.3 Å². The zero-order valence-electron chi connectivity index (χ0n) is 40.9. The van der Waals surface area contributed by atoms with Crippen LogP contribution in [0.5, 0.6) is 17.2 Å². The Morgan fingerprint density at radius 2 is 1.29 bits per heavy atom. The number of piperidine rings is 2. The van der Waals surface area contributed by atoms with Crippen LogP contribution in [-0.4, -0.2) is 130 Å². The first kappa shape index (κ1) is 50.8. The molecule has 0 bridgehead atoms. The number of likely N-dealkylation sites (tertiary alicyclic amines) is 2. The van der Waals surface area contributed by atoms with Crippen LogP contribution in [0.1, 0.15) is 120 Å². The summed E-state index contributed by atoms with van der Waals surface area (Å²) in [6.45, 7) is 14.1. The molecule has 2 amide bonds. The predicted molar refractivity (Wildman–Crippen MR) is 248 cm³/mol. The molecule has 0 unspecified atom stereocenters. The van der Waals surface area contributed by atoms with Gasteiger partial charge in [0.15, 0.2) is 11.5 Å². The fourth-order valence-electron chi connectivity index (χ4n) is 10.9. The SMILES string of the molecule is COc1cc(C(=O)N2CCC3(CC2)c2ccc(C(F)(F)F)n2CCN3CC2CC2)ccc1OC(C)C.Cc1cc(C(=O)N2CCC3(CC2)c2ccc(C(=O)C(F)(F)F)n2CCN3C)ncc1OC(C)C. The van der Waals surface area contributed by atoms with Crippen LogP contribution in [0.25, 0.3) is 0 Å². The van der Waals surface area contributed by atoms with Crippen molar-refractivity contribution in [2.24, 2.45) is 5.92 Å². The number of nitrogens with zero attached hydrogens (tertiary/aromatic N) is 7. The molecule has 1 aliphatic carbocycles. The number of halogens is 6. The Kier molecular flexibility index (Phi) is 14.2. The van der Waals surface area contributed by atoms with Crippen LogP contribution >= 0.6 is 0 Å². The first-order valence-electron chi connectivity index (χ1n) is 24.2. The standard InChI is InChI=1S/C27H34F3N3O3.C24H29F3N4O3/c1-18(2)36-21-7-6-20(16-22(21)35-3)25(34)31-12-10-26(11-13-31)23-8-9-24(27(28,29)30)33(23)15-14-32(26)17-19-4-5-19;1-15(2)34-19-14-28-17(13-16(19)3)22(33)30-9-7-23(8-10-30)20-6-5-18(21(32)24(25,26)27)31(20)12-11-29(23)4/h6-9,16,18-19H,4-5,10-15,17H2,1-3H3;5-6,13-15H,7-12H2,1-4H3. The largest absolute Gasteiger partial charge is 0.493 e. The molecular formula is C51H63F6N7O6. The Morgan fingerprint density at radius 1 is 0.700 bits per heavy atom. The molecule has 5 aliphatic rings. The molecule has 0 radical (unpaired) electrons. The molecule has 7 heterocycles. The van der Waals surface area contributed by atoms with Crippen LogP contribution in [0, 0.1) is 12.8 Å². The average Bonchev–Trinajstić information content (AvgIpc) is 3.83. The molecule has 13 nitrogen and oxygen atoms in total. The Bertz CT molecular complexity index is 2570. The lowest BCUT2D eigenvalue weighted by Gasteiger charge is -2.52. The molecule has 70 heavy (non-hydrogen) atoms. The number of likely N-dealkylation sites (N-methyl/N-ethyl adjacent to an activating group) is 1. The van der Waals surface area contributed by atoms with Gasteiger partial charge in [0, 0.05) is 75.9 Å². The number of methoxy groups -OCH3 is 1. The van der Waals surface area contributed by atoms with Crippen molar-refractivity contribution in [3.05, 3.63) is 94.3 Å². The quantitative estimate of drug-likeness (QED) is 0.114. The van der Waals surface area contributed by atoms with E-state index in [1.54, 1.807) is 54.6 Å². The normalized spacial score (nSPS) is 19.2. The van der Waals surface area contributed by atoms with Gasteiger partial charge < -0.3 is 33.1 Å². The Labute approximate surface area is 404 Å². The van der Waals surface area contributed by atoms with Gasteiger partial charge in [0.05, 0.1) is 42.3 Å². The molecule has 19 heteroatoms. The number of ether oxygens (including phenoxy) is 3. The van der Waals surface area contributed by atoms with Gasteiger partial charge in [0.2, 0.25) is 0 Å². The van der Waals surface area contributed by atoms with Crippen molar-refractivity contribution in [3.63, 3.8) is 0 Å². The summed E-state index contributed by atoms with van der Waals surface area (Å²) in [6, 6.07) is 12.7. The minimum atomic E-state index is -4.91. The van der Waals surface area contributed by atoms with Gasteiger partial charge in [0.1, 0.15) is 17.1 Å². The lowest BCUT2D eigenvalue weighted by molar-refractivity contribution is -0.145. The number of aryl methyl sites for hydroxylation is 1. The highest BCUT2D eigenvalue weighted by Crippen LogP contribution is 2.47. The number of rotatable bonds is 10. The molecule has 4 aromatic rings. The monoisotopic (exact) mass is 983 g/mol. The molecule has 0 atom stereocenters. The Morgan fingerprint density at radius 3 is 1.87 bits per heavy atom. The van der Waals surface area contributed by atoms with Crippen LogP contribution in [0.15, 0.2) is 54.7 Å². The molecule has 1 saturated carbocycles. The van der Waals surface area contributed by atoms with E-state index in [9.17, 15) is 40.7 Å².